The highest BCUT2D eigenvalue weighted by Gasteiger charge is 2.35. The molecule has 8 heteroatoms. The lowest BCUT2D eigenvalue weighted by Gasteiger charge is -2.30. The Hall–Kier alpha value is -2.19. The molecule has 0 saturated carbocycles. The van der Waals surface area contributed by atoms with E-state index in [0.717, 1.165) is 10.8 Å². The summed E-state index contributed by atoms with van der Waals surface area (Å²) >= 11 is 0. The number of amides is 1. The molecule has 0 N–H and O–H groups in total. The lowest BCUT2D eigenvalue weighted by molar-refractivity contribution is 0.0244. The number of fused-ring (bicyclic) bond motifs is 1. The maximum Gasteiger partial charge on any atom is 0.410 e. The molecule has 7 nitrogen and oxygen atoms in total. The summed E-state index contributed by atoms with van der Waals surface area (Å²) in [5.74, 6) is 0. The number of hydrogen-bond donors (Lipinski definition) is 0. The summed E-state index contributed by atoms with van der Waals surface area (Å²) < 4.78 is 34.0. The smallest absolute Gasteiger partial charge is 0.410 e. The van der Waals surface area contributed by atoms with Crippen molar-refractivity contribution in [2.45, 2.75) is 57.6 Å². The van der Waals surface area contributed by atoms with Gasteiger partial charge in [0.1, 0.15) is 5.60 Å². The molecule has 0 unspecified atom stereocenters. The zero-order chi connectivity index (χ0) is 21.4. The van der Waals surface area contributed by atoms with Gasteiger partial charge in [0.25, 0.3) is 0 Å². The molecule has 1 aromatic carbocycles. The van der Waals surface area contributed by atoms with E-state index in [-0.39, 0.29) is 6.04 Å². The number of ether oxygens (including phenoxy) is 1. The first-order chi connectivity index (χ1) is 13.5. The first kappa shape index (κ1) is 21.5. The third-order valence-corrected chi connectivity index (χ3v) is 7.22. The van der Waals surface area contributed by atoms with Gasteiger partial charge in [-0.05, 0) is 64.1 Å². The molecule has 1 aromatic heterocycles. The van der Waals surface area contributed by atoms with Gasteiger partial charge in [0.15, 0.2) is 0 Å². The van der Waals surface area contributed by atoms with Crippen molar-refractivity contribution in [1.82, 2.24) is 14.2 Å². The van der Waals surface area contributed by atoms with Crippen molar-refractivity contribution in [2.24, 2.45) is 0 Å². The number of carbonyl (C=O) groups excluding carboxylic acids is 1. The molecule has 2 aromatic rings. The van der Waals surface area contributed by atoms with Crippen molar-refractivity contribution in [3.05, 3.63) is 36.2 Å². The van der Waals surface area contributed by atoms with Crippen molar-refractivity contribution in [3.63, 3.8) is 0 Å². The van der Waals surface area contributed by atoms with Crippen LogP contribution in [0.5, 0.6) is 0 Å². The average molecular weight is 420 g/mol. The van der Waals surface area contributed by atoms with Crippen molar-refractivity contribution in [1.29, 1.82) is 0 Å². The number of carbonyl (C=O) groups is 1. The third kappa shape index (κ3) is 4.53. The summed E-state index contributed by atoms with van der Waals surface area (Å²) in [6.45, 7) is 10.2. The summed E-state index contributed by atoms with van der Waals surface area (Å²) in [7, 11) is -3.71. The largest absolute Gasteiger partial charge is 0.444 e. The van der Waals surface area contributed by atoms with Crippen molar-refractivity contribution >= 4 is 26.9 Å². The lowest BCUT2D eigenvalue weighted by atomic mass is 10.1. The normalized spacial score (nSPS) is 19.2. The average Bonchev–Trinajstić information content (AvgIpc) is 2.82. The van der Waals surface area contributed by atoms with Gasteiger partial charge in [-0.15, -0.1) is 0 Å². The molecule has 1 aliphatic rings. The number of benzene rings is 1. The van der Waals surface area contributed by atoms with Crippen LogP contribution in [0.15, 0.2) is 35.5 Å². The fraction of sp³-hybridized carbons (Fsp3) is 0.524. The fourth-order valence-electron chi connectivity index (χ4n) is 3.70. The predicted octanol–water partition coefficient (Wildman–Crippen LogP) is 3.56. The minimum absolute atomic E-state index is 0.296. The second-order valence-corrected chi connectivity index (χ2v) is 10.4. The van der Waals surface area contributed by atoms with Crippen LogP contribution in [0, 0.1) is 6.92 Å². The Kier molecular flexibility index (Phi) is 5.87. The van der Waals surface area contributed by atoms with Crippen LogP contribution in [-0.4, -0.2) is 60.0 Å². The molecule has 158 valence electrons. The molecule has 29 heavy (non-hydrogen) atoms. The number of nitrogens with zero attached hydrogens (tertiary/aromatic N) is 3. The van der Waals surface area contributed by atoms with E-state index in [9.17, 15) is 13.2 Å². The molecular formula is C21H29N3O4S. The Morgan fingerprint density at radius 3 is 2.62 bits per heavy atom. The van der Waals surface area contributed by atoms with Crippen LogP contribution in [0.2, 0.25) is 0 Å². The highest BCUT2D eigenvalue weighted by Crippen LogP contribution is 2.29. The number of aryl methyl sites for hydroxylation is 1. The van der Waals surface area contributed by atoms with Crippen LogP contribution in [0.3, 0.4) is 0 Å². The molecule has 1 saturated heterocycles. The SMILES string of the molecule is Cc1c(S(=O)(=O)N2CCCN(C(=O)OC(C)(C)C)C[C@@H]2C)ccc2cnccc12. The van der Waals surface area contributed by atoms with Gasteiger partial charge in [0.2, 0.25) is 10.0 Å². The summed E-state index contributed by atoms with van der Waals surface area (Å²) in [5.41, 5.74) is 0.125. The van der Waals surface area contributed by atoms with Crippen LogP contribution >= 0.6 is 0 Å². The standard InChI is InChI=1S/C21H29N3O4S/c1-15-14-23(20(25)28-21(3,4)5)11-6-12-24(15)29(26,27)19-8-7-17-13-22-10-9-18(17)16(19)2/h7-10,13,15H,6,11-12,14H2,1-5H3/t15-/m0/s1. The first-order valence-corrected chi connectivity index (χ1v) is 11.3. The van der Waals surface area contributed by atoms with E-state index < -0.39 is 21.7 Å². The number of aromatic nitrogens is 1. The molecule has 0 aliphatic carbocycles. The molecular weight excluding hydrogens is 390 g/mol. The number of hydrogen-bond acceptors (Lipinski definition) is 5. The lowest BCUT2D eigenvalue weighted by Crippen LogP contribution is -2.45. The molecule has 0 radical (unpaired) electrons. The van der Waals surface area contributed by atoms with Gasteiger partial charge >= 0.3 is 6.09 Å². The van der Waals surface area contributed by atoms with Gasteiger partial charge in [0, 0.05) is 43.5 Å². The van der Waals surface area contributed by atoms with Crippen LogP contribution in [0.1, 0.15) is 39.7 Å². The minimum Gasteiger partial charge on any atom is -0.444 e. The van der Waals surface area contributed by atoms with Gasteiger partial charge in [-0.1, -0.05) is 6.07 Å². The Balaban J connectivity index is 1.88. The van der Waals surface area contributed by atoms with Gasteiger partial charge < -0.3 is 9.64 Å². The van der Waals surface area contributed by atoms with Gasteiger partial charge in [-0.25, -0.2) is 13.2 Å². The topological polar surface area (TPSA) is 79.8 Å². The Morgan fingerprint density at radius 2 is 1.93 bits per heavy atom. The van der Waals surface area contributed by atoms with Crippen LogP contribution in [0.4, 0.5) is 4.79 Å². The van der Waals surface area contributed by atoms with Crippen molar-refractivity contribution < 1.29 is 17.9 Å². The molecule has 1 fully saturated rings. The number of rotatable bonds is 2. The minimum atomic E-state index is -3.71. The Bertz CT molecular complexity index is 1010. The fourth-order valence-corrected chi connectivity index (χ4v) is 5.60. The van der Waals surface area contributed by atoms with E-state index >= 15 is 0 Å². The summed E-state index contributed by atoms with van der Waals surface area (Å²) in [5, 5.41) is 1.78. The molecule has 1 atom stereocenters. The van der Waals surface area contributed by atoms with E-state index in [0.29, 0.717) is 36.5 Å². The Morgan fingerprint density at radius 1 is 1.21 bits per heavy atom. The summed E-state index contributed by atoms with van der Waals surface area (Å²) in [4.78, 5) is 18.5. The molecule has 3 rings (SSSR count). The number of sulfonamides is 1. The van der Waals surface area contributed by atoms with E-state index in [1.165, 1.54) is 4.31 Å². The molecule has 2 heterocycles. The maximum atomic E-state index is 13.5. The van der Waals surface area contributed by atoms with E-state index in [1.54, 1.807) is 29.4 Å². The second-order valence-electron chi connectivity index (χ2n) is 8.53. The number of pyridine rings is 1. The van der Waals surface area contributed by atoms with Gasteiger partial charge in [-0.2, -0.15) is 4.31 Å². The zero-order valence-corrected chi connectivity index (χ0v) is 18.5. The molecule has 0 bridgehead atoms. The molecule has 1 amide bonds. The van der Waals surface area contributed by atoms with Crippen LogP contribution < -0.4 is 0 Å². The van der Waals surface area contributed by atoms with E-state index in [2.05, 4.69) is 4.98 Å². The maximum absolute atomic E-state index is 13.5. The van der Waals surface area contributed by atoms with Gasteiger partial charge in [-0.3, -0.25) is 4.98 Å². The monoisotopic (exact) mass is 419 g/mol. The predicted molar refractivity (Wildman–Crippen MR) is 112 cm³/mol. The highest BCUT2D eigenvalue weighted by atomic mass is 32.2. The van der Waals surface area contributed by atoms with Crippen molar-refractivity contribution in [2.75, 3.05) is 19.6 Å². The van der Waals surface area contributed by atoms with Crippen LogP contribution in [0.25, 0.3) is 10.8 Å². The second kappa shape index (κ2) is 7.91. The molecule has 1 aliphatic heterocycles. The third-order valence-electron chi connectivity index (χ3n) is 5.06. The van der Waals surface area contributed by atoms with E-state index in [4.69, 9.17) is 4.74 Å². The molecule has 0 spiro atoms. The van der Waals surface area contributed by atoms with Gasteiger partial charge in [0.05, 0.1) is 4.90 Å². The van der Waals surface area contributed by atoms with E-state index in [1.807, 2.05) is 40.7 Å². The summed E-state index contributed by atoms with van der Waals surface area (Å²) in [6, 6.07) is 4.91. The van der Waals surface area contributed by atoms with Crippen molar-refractivity contribution in [3.8, 4) is 0 Å². The van der Waals surface area contributed by atoms with Crippen LogP contribution in [-0.2, 0) is 14.8 Å². The summed E-state index contributed by atoms with van der Waals surface area (Å²) in [6.07, 6.45) is 3.54. The quantitative estimate of drug-likeness (QED) is 0.744. The highest BCUT2D eigenvalue weighted by molar-refractivity contribution is 7.89. The Labute approximate surface area is 172 Å². The first-order valence-electron chi connectivity index (χ1n) is 9.84. The zero-order valence-electron chi connectivity index (χ0n) is 17.7.